The average molecular weight is 386 g/mol. The maximum Gasteiger partial charge on any atom is 0.228 e. The van der Waals surface area contributed by atoms with Crippen LogP contribution in [-0.2, 0) is 24.3 Å². The number of benzene rings is 1. The van der Waals surface area contributed by atoms with Gasteiger partial charge in [-0.3, -0.25) is 14.7 Å². The molecular formula is C19H20BrN3O. The van der Waals surface area contributed by atoms with Crippen LogP contribution < -0.4 is 5.32 Å². The second-order valence-electron chi connectivity index (χ2n) is 6.84. The molecule has 0 radical (unpaired) electrons. The van der Waals surface area contributed by atoms with Crippen molar-refractivity contribution in [2.75, 3.05) is 13.1 Å². The highest BCUT2D eigenvalue weighted by Gasteiger charge is 2.45. The quantitative estimate of drug-likeness (QED) is 0.864. The van der Waals surface area contributed by atoms with Crippen LogP contribution in [0.25, 0.3) is 0 Å². The molecule has 1 atom stereocenters. The van der Waals surface area contributed by atoms with E-state index >= 15 is 0 Å². The lowest BCUT2D eigenvalue weighted by molar-refractivity contribution is -0.130. The predicted molar refractivity (Wildman–Crippen MR) is 96.3 cm³/mol. The molecule has 2 aliphatic heterocycles. The maximum absolute atomic E-state index is 12.8. The van der Waals surface area contributed by atoms with Crippen LogP contribution in [0.15, 0.2) is 47.1 Å². The smallest absolute Gasteiger partial charge is 0.228 e. The Labute approximate surface area is 150 Å². The first-order chi connectivity index (χ1) is 11.6. The summed E-state index contributed by atoms with van der Waals surface area (Å²) in [6.07, 6.45) is 3.57. The fourth-order valence-corrected chi connectivity index (χ4v) is 4.10. The van der Waals surface area contributed by atoms with E-state index in [-0.39, 0.29) is 11.3 Å². The lowest BCUT2D eigenvalue weighted by Crippen LogP contribution is -2.42. The fourth-order valence-electron chi connectivity index (χ4n) is 3.86. The van der Waals surface area contributed by atoms with Gasteiger partial charge in [0.15, 0.2) is 0 Å². The summed E-state index contributed by atoms with van der Waals surface area (Å²) in [5, 5.41) is 3.14. The number of hydrogen-bond donors (Lipinski definition) is 1. The van der Waals surface area contributed by atoms with Crippen molar-refractivity contribution < 1.29 is 4.79 Å². The normalized spacial score (nSPS) is 23.8. The minimum Gasteiger partial charge on any atom is -0.351 e. The van der Waals surface area contributed by atoms with Crippen molar-refractivity contribution in [3.8, 4) is 0 Å². The average Bonchev–Trinajstić information content (AvgIpc) is 2.93. The minimum absolute atomic E-state index is 0.199. The van der Waals surface area contributed by atoms with E-state index in [4.69, 9.17) is 0 Å². The molecule has 1 aromatic heterocycles. The Morgan fingerprint density at radius 2 is 2.04 bits per heavy atom. The first-order valence-corrected chi connectivity index (χ1v) is 9.12. The molecule has 3 heterocycles. The van der Waals surface area contributed by atoms with E-state index in [1.165, 1.54) is 11.1 Å². The number of aromatic nitrogens is 1. The highest BCUT2D eigenvalue weighted by Crippen LogP contribution is 2.37. The van der Waals surface area contributed by atoms with Gasteiger partial charge in [0.2, 0.25) is 5.91 Å². The van der Waals surface area contributed by atoms with E-state index in [1.54, 1.807) is 0 Å². The SMILES string of the molecule is O=C1NCc2ccccc2CC12CCN(Cc1ccc(Br)cn1)C2. The molecule has 1 N–H and O–H groups in total. The van der Waals surface area contributed by atoms with E-state index in [0.29, 0.717) is 6.54 Å². The van der Waals surface area contributed by atoms with Crippen molar-refractivity contribution in [3.63, 3.8) is 0 Å². The zero-order valence-electron chi connectivity index (χ0n) is 13.5. The highest BCUT2D eigenvalue weighted by atomic mass is 79.9. The zero-order chi connectivity index (χ0) is 16.6. The van der Waals surface area contributed by atoms with Gasteiger partial charge in [-0.15, -0.1) is 0 Å². The van der Waals surface area contributed by atoms with E-state index in [2.05, 4.69) is 49.3 Å². The van der Waals surface area contributed by atoms with E-state index < -0.39 is 0 Å². The molecule has 0 aliphatic carbocycles. The Hall–Kier alpha value is -1.72. The number of pyridine rings is 1. The van der Waals surface area contributed by atoms with Crippen LogP contribution in [0.4, 0.5) is 0 Å². The molecule has 24 heavy (non-hydrogen) atoms. The van der Waals surface area contributed by atoms with Crippen molar-refractivity contribution in [2.24, 2.45) is 5.41 Å². The number of rotatable bonds is 2. The Balaban J connectivity index is 1.53. The Bertz CT molecular complexity index is 761. The first-order valence-electron chi connectivity index (χ1n) is 8.33. The number of nitrogens with one attached hydrogen (secondary N) is 1. The Morgan fingerprint density at radius 3 is 2.83 bits per heavy atom. The number of amides is 1. The lowest BCUT2D eigenvalue weighted by atomic mass is 9.80. The summed E-state index contributed by atoms with van der Waals surface area (Å²) in [7, 11) is 0. The van der Waals surface area contributed by atoms with Gasteiger partial charge >= 0.3 is 0 Å². The predicted octanol–water partition coefficient (Wildman–Crippen LogP) is 2.91. The Morgan fingerprint density at radius 1 is 1.21 bits per heavy atom. The molecule has 2 aromatic rings. The standard InChI is InChI=1S/C19H20BrN3O/c20-16-5-6-17(21-11-16)12-23-8-7-19(13-23)9-14-3-1-2-4-15(14)10-22-18(19)24/h1-6,11H,7-10,12-13H2,(H,22,24). The van der Waals surface area contributed by atoms with Crippen LogP contribution in [0.3, 0.4) is 0 Å². The second-order valence-corrected chi connectivity index (χ2v) is 7.75. The molecule has 1 saturated heterocycles. The third-order valence-electron chi connectivity index (χ3n) is 5.18. The minimum atomic E-state index is -0.304. The van der Waals surface area contributed by atoms with Crippen molar-refractivity contribution in [2.45, 2.75) is 25.9 Å². The third-order valence-corrected chi connectivity index (χ3v) is 5.64. The molecule has 4 nitrogen and oxygen atoms in total. The molecule has 124 valence electrons. The van der Waals surface area contributed by atoms with Crippen molar-refractivity contribution in [1.82, 2.24) is 15.2 Å². The molecule has 1 unspecified atom stereocenters. The van der Waals surface area contributed by atoms with Gasteiger partial charge in [-0.1, -0.05) is 24.3 Å². The summed E-state index contributed by atoms with van der Waals surface area (Å²) in [6.45, 7) is 3.17. The molecule has 1 spiro atoms. The first kappa shape index (κ1) is 15.8. The molecule has 1 aromatic carbocycles. The van der Waals surface area contributed by atoms with Crippen LogP contribution in [0, 0.1) is 5.41 Å². The van der Waals surface area contributed by atoms with E-state index in [0.717, 1.165) is 42.6 Å². The molecule has 0 bridgehead atoms. The second kappa shape index (κ2) is 6.30. The fraction of sp³-hybridized carbons (Fsp3) is 0.368. The summed E-state index contributed by atoms with van der Waals surface area (Å²) in [5.74, 6) is 0.199. The van der Waals surface area contributed by atoms with Gasteiger partial charge in [0.1, 0.15) is 0 Å². The zero-order valence-corrected chi connectivity index (χ0v) is 15.1. The van der Waals surface area contributed by atoms with Crippen LogP contribution in [0.5, 0.6) is 0 Å². The Kier molecular flexibility index (Phi) is 4.14. The molecule has 4 rings (SSSR count). The van der Waals surface area contributed by atoms with Crippen molar-refractivity contribution in [3.05, 3.63) is 63.9 Å². The van der Waals surface area contributed by atoms with Crippen molar-refractivity contribution in [1.29, 1.82) is 0 Å². The topological polar surface area (TPSA) is 45.2 Å². The van der Waals surface area contributed by atoms with Crippen molar-refractivity contribution >= 4 is 21.8 Å². The van der Waals surface area contributed by atoms with Gasteiger partial charge in [-0.05, 0) is 58.6 Å². The largest absolute Gasteiger partial charge is 0.351 e. The maximum atomic E-state index is 12.8. The van der Waals surface area contributed by atoms with Gasteiger partial charge in [0.25, 0.3) is 0 Å². The number of carbonyl (C=O) groups excluding carboxylic acids is 1. The summed E-state index contributed by atoms with van der Waals surface area (Å²) in [6, 6.07) is 12.5. The summed E-state index contributed by atoms with van der Waals surface area (Å²) >= 11 is 3.42. The third kappa shape index (κ3) is 2.98. The number of halogens is 1. The van der Waals surface area contributed by atoms with E-state index in [1.807, 2.05) is 24.4 Å². The summed E-state index contributed by atoms with van der Waals surface area (Å²) < 4.78 is 0.990. The van der Waals surface area contributed by atoms with Gasteiger partial charge in [-0.25, -0.2) is 0 Å². The van der Waals surface area contributed by atoms with Crippen LogP contribution in [-0.4, -0.2) is 28.9 Å². The van der Waals surface area contributed by atoms with Gasteiger partial charge < -0.3 is 5.32 Å². The van der Waals surface area contributed by atoms with E-state index in [9.17, 15) is 4.79 Å². The lowest BCUT2D eigenvalue weighted by Gasteiger charge is -2.26. The number of carbonyl (C=O) groups is 1. The van der Waals surface area contributed by atoms with Crippen LogP contribution >= 0.6 is 15.9 Å². The van der Waals surface area contributed by atoms with Crippen LogP contribution in [0.1, 0.15) is 23.2 Å². The number of nitrogens with zero attached hydrogens (tertiary/aromatic N) is 2. The molecule has 1 fully saturated rings. The monoisotopic (exact) mass is 385 g/mol. The molecular weight excluding hydrogens is 366 g/mol. The summed E-state index contributed by atoms with van der Waals surface area (Å²) in [4.78, 5) is 19.6. The van der Waals surface area contributed by atoms with Crippen LogP contribution in [0.2, 0.25) is 0 Å². The number of hydrogen-bond acceptors (Lipinski definition) is 3. The number of fused-ring (bicyclic) bond motifs is 1. The van der Waals surface area contributed by atoms with Gasteiger partial charge in [-0.2, -0.15) is 0 Å². The van der Waals surface area contributed by atoms with Gasteiger partial charge in [0, 0.05) is 30.3 Å². The summed E-state index contributed by atoms with van der Waals surface area (Å²) in [5.41, 5.74) is 3.29. The molecule has 1 amide bonds. The molecule has 0 saturated carbocycles. The number of likely N-dealkylation sites (tertiary alicyclic amines) is 1. The molecule has 2 aliphatic rings. The van der Waals surface area contributed by atoms with Gasteiger partial charge in [0.05, 0.1) is 11.1 Å². The highest BCUT2D eigenvalue weighted by molar-refractivity contribution is 9.10. The molecule has 5 heteroatoms.